The van der Waals surface area contributed by atoms with E-state index < -0.39 is 11.4 Å². The second-order valence-corrected chi connectivity index (χ2v) is 7.81. The maximum Gasteiger partial charge on any atom is 0.410 e. The monoisotopic (exact) mass is 399 g/mol. The minimum atomic E-state index is -0.510. The topological polar surface area (TPSA) is 77.1 Å². The number of rotatable bonds is 5. The minimum Gasteiger partial charge on any atom is -0.488 e. The van der Waals surface area contributed by atoms with E-state index in [0.29, 0.717) is 25.4 Å². The quantitative estimate of drug-likeness (QED) is 0.459. The number of nitrogens with zero attached hydrogens (tertiary/aromatic N) is 2. The van der Waals surface area contributed by atoms with E-state index in [-0.39, 0.29) is 29.5 Å². The predicted octanol–water partition coefficient (Wildman–Crippen LogP) is 4.08. The summed E-state index contributed by atoms with van der Waals surface area (Å²) in [5.41, 5.74) is 5.45. The molecule has 6 nitrogen and oxygen atoms in total. The van der Waals surface area contributed by atoms with Gasteiger partial charge in [0.05, 0.1) is 12.5 Å². The Kier molecular flexibility index (Phi) is 7.30. The molecule has 1 heterocycles. The summed E-state index contributed by atoms with van der Waals surface area (Å²) in [6.07, 6.45) is 1.22. The molecule has 0 aliphatic carbocycles. The lowest BCUT2D eigenvalue weighted by molar-refractivity contribution is 0.0164. The summed E-state index contributed by atoms with van der Waals surface area (Å²) in [4.78, 5) is 17.9. The van der Waals surface area contributed by atoms with Gasteiger partial charge in [-0.1, -0.05) is 6.07 Å². The number of nitrogens with two attached hydrogens (primary N) is 1. The van der Waals surface area contributed by atoms with Gasteiger partial charge < -0.3 is 20.1 Å². The van der Waals surface area contributed by atoms with Gasteiger partial charge in [0.2, 0.25) is 0 Å². The molecule has 1 amide bonds. The number of amidine groups is 1. The smallest absolute Gasteiger partial charge is 0.410 e. The van der Waals surface area contributed by atoms with Gasteiger partial charge in [0.25, 0.3) is 0 Å². The number of likely N-dealkylation sites (tertiary alicyclic amines) is 1. The molecule has 150 valence electrons. The highest BCUT2D eigenvalue weighted by Crippen LogP contribution is 2.31. The fraction of sp³-hybridized carbons (Fsp3) is 0.579. The van der Waals surface area contributed by atoms with Crippen LogP contribution in [-0.2, 0) is 4.74 Å². The summed E-state index contributed by atoms with van der Waals surface area (Å²) in [6.45, 7) is 7.05. The van der Waals surface area contributed by atoms with Crippen LogP contribution >= 0.6 is 11.6 Å². The van der Waals surface area contributed by atoms with Crippen LogP contribution in [0.1, 0.15) is 33.6 Å². The first kappa shape index (κ1) is 21.3. The number of piperidine rings is 1. The molecule has 2 rings (SSSR count). The molecule has 8 heteroatoms. The van der Waals surface area contributed by atoms with E-state index in [1.165, 1.54) is 6.07 Å². The number of carbonyl (C=O) groups excluding carboxylic acids is 1. The molecule has 0 atom stereocenters. The lowest BCUT2D eigenvalue weighted by Crippen LogP contribution is -2.42. The van der Waals surface area contributed by atoms with Crippen molar-refractivity contribution in [3.8, 4) is 5.75 Å². The number of carbonyl (C=O) groups is 1. The van der Waals surface area contributed by atoms with Crippen molar-refractivity contribution in [2.45, 2.75) is 39.2 Å². The summed E-state index contributed by atoms with van der Waals surface area (Å²) in [5.74, 6) is 0.0345. The summed E-state index contributed by atoms with van der Waals surface area (Å²) >= 11 is 5.64. The molecule has 1 aliphatic heterocycles. The molecule has 1 aliphatic rings. The number of alkyl halides is 1. The summed E-state index contributed by atoms with van der Waals surface area (Å²) in [5, 5.41) is 0. The van der Waals surface area contributed by atoms with Crippen LogP contribution in [0.5, 0.6) is 5.75 Å². The first-order valence-electron chi connectivity index (χ1n) is 8.98. The van der Waals surface area contributed by atoms with Crippen molar-refractivity contribution >= 4 is 29.2 Å². The van der Waals surface area contributed by atoms with E-state index in [2.05, 4.69) is 4.99 Å². The number of amides is 1. The Labute approximate surface area is 164 Å². The van der Waals surface area contributed by atoms with Crippen LogP contribution in [0.2, 0.25) is 0 Å². The lowest BCUT2D eigenvalue weighted by atomic mass is 9.98. The molecule has 0 saturated carbocycles. The zero-order valence-electron chi connectivity index (χ0n) is 16.0. The largest absolute Gasteiger partial charge is 0.488 e. The first-order chi connectivity index (χ1) is 12.7. The van der Waals surface area contributed by atoms with Crippen molar-refractivity contribution < 1.29 is 18.7 Å². The zero-order valence-corrected chi connectivity index (χ0v) is 16.8. The van der Waals surface area contributed by atoms with E-state index >= 15 is 0 Å². The molecule has 1 aromatic carbocycles. The summed E-state index contributed by atoms with van der Waals surface area (Å²) < 4.78 is 25.2. The van der Waals surface area contributed by atoms with Crippen LogP contribution in [0, 0.1) is 11.7 Å². The van der Waals surface area contributed by atoms with Crippen LogP contribution in [-0.4, -0.2) is 48.0 Å². The fourth-order valence-electron chi connectivity index (χ4n) is 2.72. The van der Waals surface area contributed by atoms with Gasteiger partial charge >= 0.3 is 6.09 Å². The Bertz CT molecular complexity index is 683. The number of halogens is 2. The van der Waals surface area contributed by atoms with Crippen LogP contribution in [0.4, 0.5) is 14.9 Å². The normalized spacial score (nSPS) is 16.3. The van der Waals surface area contributed by atoms with Crippen molar-refractivity contribution in [3.63, 3.8) is 0 Å². The molecular weight excluding hydrogens is 373 g/mol. The van der Waals surface area contributed by atoms with E-state index in [1.807, 2.05) is 20.8 Å². The van der Waals surface area contributed by atoms with E-state index in [9.17, 15) is 9.18 Å². The van der Waals surface area contributed by atoms with Crippen LogP contribution in [0.25, 0.3) is 0 Å². The van der Waals surface area contributed by atoms with Crippen LogP contribution < -0.4 is 10.5 Å². The number of aliphatic imine (C=N–C) groups is 1. The van der Waals surface area contributed by atoms with Crippen LogP contribution in [0.15, 0.2) is 23.2 Å². The average molecular weight is 400 g/mol. The van der Waals surface area contributed by atoms with Gasteiger partial charge in [-0.3, -0.25) is 0 Å². The zero-order chi connectivity index (χ0) is 20.0. The number of hydrogen-bond donors (Lipinski definition) is 1. The highest BCUT2D eigenvalue weighted by atomic mass is 35.5. The number of hydrogen-bond acceptors (Lipinski definition) is 4. The summed E-state index contributed by atoms with van der Waals surface area (Å²) in [7, 11) is 0. The van der Waals surface area contributed by atoms with Gasteiger partial charge in [-0.05, 0) is 51.7 Å². The maximum absolute atomic E-state index is 14.1. The molecule has 0 spiro atoms. The molecule has 1 fully saturated rings. The Morgan fingerprint density at radius 1 is 1.37 bits per heavy atom. The second kappa shape index (κ2) is 9.26. The molecule has 0 bridgehead atoms. The molecule has 0 aromatic heterocycles. The van der Waals surface area contributed by atoms with Crippen molar-refractivity contribution in [2.24, 2.45) is 16.6 Å². The van der Waals surface area contributed by atoms with Crippen LogP contribution in [0.3, 0.4) is 0 Å². The third kappa shape index (κ3) is 6.57. The summed E-state index contributed by atoms with van der Waals surface area (Å²) in [6, 6.07) is 4.49. The molecule has 0 radical (unpaired) electrons. The van der Waals surface area contributed by atoms with E-state index in [4.69, 9.17) is 26.8 Å². The molecule has 1 aromatic rings. The van der Waals surface area contributed by atoms with Crippen molar-refractivity contribution in [3.05, 3.63) is 24.0 Å². The molecular formula is C19H27ClFN3O3. The Balaban J connectivity index is 1.91. The van der Waals surface area contributed by atoms with Crippen molar-refractivity contribution in [2.75, 3.05) is 25.6 Å². The third-order valence-corrected chi connectivity index (χ3v) is 4.35. The minimum absolute atomic E-state index is 0.0546. The molecule has 2 N–H and O–H groups in total. The fourth-order valence-corrected chi connectivity index (χ4v) is 2.78. The van der Waals surface area contributed by atoms with Gasteiger partial charge in [0.15, 0.2) is 11.6 Å². The molecule has 0 unspecified atom stereocenters. The Morgan fingerprint density at radius 2 is 2.04 bits per heavy atom. The highest BCUT2D eigenvalue weighted by molar-refractivity contribution is 6.28. The molecule has 1 saturated heterocycles. The Morgan fingerprint density at radius 3 is 2.63 bits per heavy atom. The van der Waals surface area contributed by atoms with Gasteiger partial charge in [0, 0.05) is 13.1 Å². The number of benzene rings is 1. The first-order valence-corrected chi connectivity index (χ1v) is 9.51. The standard InChI is InChI=1S/C19H27ClFN3O3/c1-19(2,3)27-18(25)24-9-7-13(8-10-24)12-26-17-14(21)5-4-6-15(17)23-16(22)11-20/h4-6,13H,7-12H2,1-3H3,(H2,22,23). The van der Waals surface area contributed by atoms with Gasteiger partial charge in [-0.15, -0.1) is 11.6 Å². The Hall–Kier alpha value is -2.02. The number of para-hydroxylation sites is 1. The van der Waals surface area contributed by atoms with E-state index in [0.717, 1.165) is 12.8 Å². The number of ether oxygens (including phenoxy) is 2. The SMILES string of the molecule is CC(C)(C)OC(=O)N1CCC(COc2c(F)cccc2N=C(N)CCl)CC1. The van der Waals surface area contributed by atoms with Gasteiger partial charge in [-0.25, -0.2) is 14.2 Å². The predicted molar refractivity (Wildman–Crippen MR) is 104 cm³/mol. The second-order valence-electron chi connectivity index (χ2n) is 7.55. The third-order valence-electron chi connectivity index (χ3n) is 4.08. The lowest BCUT2D eigenvalue weighted by Gasteiger charge is -2.33. The van der Waals surface area contributed by atoms with Gasteiger partial charge in [-0.2, -0.15) is 0 Å². The van der Waals surface area contributed by atoms with Gasteiger partial charge in [0.1, 0.15) is 17.1 Å². The molecule has 27 heavy (non-hydrogen) atoms. The van der Waals surface area contributed by atoms with Crippen molar-refractivity contribution in [1.29, 1.82) is 0 Å². The maximum atomic E-state index is 14.1. The van der Waals surface area contributed by atoms with E-state index in [1.54, 1.807) is 17.0 Å². The average Bonchev–Trinajstić information content (AvgIpc) is 2.60. The highest BCUT2D eigenvalue weighted by Gasteiger charge is 2.27. The van der Waals surface area contributed by atoms with Crippen molar-refractivity contribution in [1.82, 2.24) is 4.90 Å².